The number of carbonyl (C=O) groups is 2. The number of rotatable bonds is 4. The van der Waals surface area contributed by atoms with Crippen molar-refractivity contribution >= 4 is 34.0 Å². The van der Waals surface area contributed by atoms with E-state index in [9.17, 15) is 14.9 Å². The number of thiazole rings is 1. The fourth-order valence-electron chi connectivity index (χ4n) is 2.74. The third kappa shape index (κ3) is 3.54. The number of nitrogens with zero attached hydrogens (tertiary/aromatic N) is 3. The van der Waals surface area contributed by atoms with Gasteiger partial charge in [-0.05, 0) is 24.1 Å². The molecule has 2 aromatic rings. The molecule has 1 aromatic carbocycles. The van der Waals surface area contributed by atoms with Crippen molar-refractivity contribution in [2.24, 2.45) is 5.92 Å². The van der Waals surface area contributed by atoms with Crippen molar-refractivity contribution in [2.75, 3.05) is 16.8 Å². The monoisotopic (exact) mass is 354 g/mol. The van der Waals surface area contributed by atoms with Crippen LogP contribution >= 0.6 is 11.3 Å². The molecule has 0 fully saturated rings. The zero-order valence-electron chi connectivity index (χ0n) is 14.1. The summed E-state index contributed by atoms with van der Waals surface area (Å²) in [6.45, 7) is 4.20. The van der Waals surface area contributed by atoms with Gasteiger partial charge < -0.3 is 10.2 Å². The smallest absolute Gasteiger partial charge is 0.233 e. The average molecular weight is 354 g/mol. The van der Waals surface area contributed by atoms with Gasteiger partial charge in [0.25, 0.3) is 0 Å². The Balaban J connectivity index is 1.70. The Morgan fingerprint density at radius 3 is 2.96 bits per heavy atom. The number of benzene rings is 1. The van der Waals surface area contributed by atoms with E-state index in [1.54, 1.807) is 22.4 Å². The molecule has 1 N–H and O–H groups in total. The lowest BCUT2D eigenvalue weighted by atomic mass is 10.1. The first kappa shape index (κ1) is 17.1. The van der Waals surface area contributed by atoms with Gasteiger partial charge in [0.2, 0.25) is 11.8 Å². The van der Waals surface area contributed by atoms with E-state index in [4.69, 9.17) is 0 Å². The van der Waals surface area contributed by atoms with E-state index < -0.39 is 0 Å². The number of hydrogen-bond donors (Lipinski definition) is 1. The van der Waals surface area contributed by atoms with E-state index in [1.165, 1.54) is 11.3 Å². The summed E-state index contributed by atoms with van der Waals surface area (Å²) in [6.07, 6.45) is 0.863. The second-order valence-corrected chi connectivity index (χ2v) is 7.03. The lowest BCUT2D eigenvalue weighted by Crippen LogP contribution is -2.30. The molecule has 2 amide bonds. The maximum absolute atomic E-state index is 12.6. The van der Waals surface area contributed by atoms with Gasteiger partial charge in [0.05, 0.1) is 23.7 Å². The van der Waals surface area contributed by atoms with Crippen LogP contribution in [0.3, 0.4) is 0 Å². The maximum atomic E-state index is 12.6. The molecule has 128 valence electrons. The summed E-state index contributed by atoms with van der Waals surface area (Å²) in [5, 5.41) is 14.2. The highest BCUT2D eigenvalue weighted by Gasteiger charge is 2.27. The molecule has 0 saturated heterocycles. The highest BCUT2D eigenvalue weighted by Crippen LogP contribution is 2.31. The lowest BCUT2D eigenvalue weighted by Gasteiger charge is -2.16. The van der Waals surface area contributed by atoms with Gasteiger partial charge in [0.1, 0.15) is 0 Å². The van der Waals surface area contributed by atoms with Gasteiger partial charge in [-0.15, -0.1) is 11.3 Å². The Bertz CT molecular complexity index is 866. The molecular formula is C18H18N4O2S. The van der Waals surface area contributed by atoms with Gasteiger partial charge in [-0.1, -0.05) is 19.9 Å². The number of aromatic nitrogens is 1. The van der Waals surface area contributed by atoms with Crippen LogP contribution in [-0.2, 0) is 22.4 Å². The quantitative estimate of drug-likeness (QED) is 0.915. The van der Waals surface area contributed by atoms with Crippen molar-refractivity contribution in [1.82, 2.24) is 4.98 Å². The Hall–Kier alpha value is -2.72. The lowest BCUT2D eigenvalue weighted by molar-refractivity contribution is -0.119. The summed E-state index contributed by atoms with van der Waals surface area (Å²) in [4.78, 5) is 30.4. The average Bonchev–Trinajstić information content (AvgIpc) is 3.21. The van der Waals surface area contributed by atoms with Gasteiger partial charge in [-0.25, -0.2) is 4.98 Å². The molecule has 3 rings (SSSR count). The van der Waals surface area contributed by atoms with Crippen molar-refractivity contribution in [1.29, 1.82) is 5.26 Å². The van der Waals surface area contributed by atoms with E-state index in [1.807, 2.05) is 19.9 Å². The summed E-state index contributed by atoms with van der Waals surface area (Å²) in [5.41, 5.74) is 3.01. The molecule has 1 aliphatic heterocycles. The predicted molar refractivity (Wildman–Crippen MR) is 96.5 cm³/mol. The molecule has 0 bridgehead atoms. The molecular weight excluding hydrogens is 336 g/mol. The number of nitrogens with one attached hydrogen (secondary N) is 1. The molecule has 0 unspecified atom stereocenters. The topological polar surface area (TPSA) is 86.1 Å². The molecule has 6 nitrogen and oxygen atoms in total. The fourth-order valence-corrected chi connectivity index (χ4v) is 3.46. The van der Waals surface area contributed by atoms with Crippen molar-refractivity contribution in [3.05, 3.63) is 40.4 Å². The Morgan fingerprint density at radius 2 is 2.24 bits per heavy atom. The molecule has 0 spiro atoms. The maximum Gasteiger partial charge on any atom is 0.233 e. The van der Waals surface area contributed by atoms with Crippen LogP contribution in [0, 0.1) is 17.2 Å². The fraction of sp³-hybridized carbons (Fsp3) is 0.333. The molecule has 1 aliphatic rings. The standard InChI is InChI=1S/C18H18N4O2S/c1-11(2)17(24)21-18-20-13(10-25-18)8-16(23)22-7-6-14-12(9-19)4-3-5-15(14)22/h3-5,10-11H,6-8H2,1-2H3,(H,20,21,24). The number of fused-ring (bicyclic) bond motifs is 1. The summed E-state index contributed by atoms with van der Waals surface area (Å²) in [5.74, 6) is -0.269. The normalized spacial score (nSPS) is 12.8. The van der Waals surface area contributed by atoms with Crippen LogP contribution in [0.4, 0.5) is 10.8 Å². The van der Waals surface area contributed by atoms with Gasteiger partial charge in [0, 0.05) is 23.5 Å². The first-order valence-electron chi connectivity index (χ1n) is 8.07. The third-order valence-corrected chi connectivity index (χ3v) is 4.89. The minimum atomic E-state index is -0.121. The van der Waals surface area contributed by atoms with Gasteiger partial charge in [-0.3, -0.25) is 9.59 Å². The first-order chi connectivity index (χ1) is 12.0. The van der Waals surface area contributed by atoms with Crippen LogP contribution in [0.25, 0.3) is 0 Å². The van der Waals surface area contributed by atoms with E-state index in [-0.39, 0.29) is 24.2 Å². The van der Waals surface area contributed by atoms with Crippen LogP contribution in [0.1, 0.15) is 30.7 Å². The highest BCUT2D eigenvalue weighted by molar-refractivity contribution is 7.13. The van der Waals surface area contributed by atoms with Gasteiger partial charge >= 0.3 is 0 Å². The number of hydrogen-bond acceptors (Lipinski definition) is 5. The van der Waals surface area contributed by atoms with Crippen LogP contribution in [-0.4, -0.2) is 23.3 Å². The minimum absolute atomic E-state index is 0.0547. The number of carbonyl (C=O) groups excluding carboxylic acids is 2. The number of anilines is 2. The van der Waals surface area contributed by atoms with Crippen molar-refractivity contribution in [3.63, 3.8) is 0 Å². The molecule has 1 aromatic heterocycles. The zero-order valence-corrected chi connectivity index (χ0v) is 14.9. The summed E-state index contributed by atoms with van der Waals surface area (Å²) >= 11 is 1.31. The van der Waals surface area contributed by atoms with Crippen LogP contribution in [0.5, 0.6) is 0 Å². The summed E-state index contributed by atoms with van der Waals surface area (Å²) in [6, 6.07) is 7.62. The largest absolute Gasteiger partial charge is 0.311 e. The second-order valence-electron chi connectivity index (χ2n) is 6.18. The van der Waals surface area contributed by atoms with Crippen molar-refractivity contribution in [2.45, 2.75) is 26.7 Å². The van der Waals surface area contributed by atoms with E-state index in [2.05, 4.69) is 16.4 Å². The Morgan fingerprint density at radius 1 is 1.44 bits per heavy atom. The zero-order chi connectivity index (χ0) is 18.0. The van der Waals surface area contributed by atoms with E-state index in [0.29, 0.717) is 29.4 Å². The molecule has 0 aliphatic carbocycles. The van der Waals surface area contributed by atoms with Crippen molar-refractivity contribution < 1.29 is 9.59 Å². The number of nitriles is 1. The number of amides is 2. The first-order valence-corrected chi connectivity index (χ1v) is 8.95. The van der Waals surface area contributed by atoms with E-state index in [0.717, 1.165) is 11.3 Å². The molecule has 0 saturated carbocycles. The molecule has 25 heavy (non-hydrogen) atoms. The Kier molecular flexibility index (Phi) is 4.81. The van der Waals surface area contributed by atoms with E-state index >= 15 is 0 Å². The Labute approximate surface area is 150 Å². The molecule has 0 atom stereocenters. The highest BCUT2D eigenvalue weighted by atomic mass is 32.1. The second kappa shape index (κ2) is 7.03. The summed E-state index contributed by atoms with van der Waals surface area (Å²) < 4.78 is 0. The predicted octanol–water partition coefficient (Wildman–Crippen LogP) is 2.74. The van der Waals surface area contributed by atoms with Crippen molar-refractivity contribution in [3.8, 4) is 6.07 Å². The van der Waals surface area contributed by atoms with Gasteiger partial charge in [-0.2, -0.15) is 5.26 Å². The molecule has 2 heterocycles. The SMILES string of the molecule is CC(C)C(=O)Nc1nc(CC(=O)N2CCc3c(C#N)cccc32)cs1. The minimum Gasteiger partial charge on any atom is -0.311 e. The van der Waals surface area contributed by atoms with Crippen LogP contribution < -0.4 is 10.2 Å². The molecule has 0 radical (unpaired) electrons. The van der Waals surface area contributed by atoms with Gasteiger partial charge in [0.15, 0.2) is 5.13 Å². The van der Waals surface area contributed by atoms with Crippen LogP contribution in [0.15, 0.2) is 23.6 Å². The van der Waals surface area contributed by atoms with Crippen LogP contribution in [0.2, 0.25) is 0 Å². The summed E-state index contributed by atoms with van der Waals surface area (Å²) in [7, 11) is 0. The third-order valence-electron chi connectivity index (χ3n) is 4.09. The molecule has 7 heteroatoms.